The van der Waals surface area contributed by atoms with Gasteiger partial charge in [-0.1, -0.05) is 19.1 Å². The van der Waals surface area contributed by atoms with Crippen molar-refractivity contribution < 1.29 is 9.84 Å². The Labute approximate surface area is 103 Å². The Kier molecular flexibility index (Phi) is 3.85. The van der Waals surface area contributed by atoms with Gasteiger partial charge in [-0.25, -0.2) is 0 Å². The molecule has 1 aliphatic rings. The SMILES string of the molecule is CCC(CO)C1=CCCc2cc(OC)ccc21. The Balaban J connectivity index is 2.37. The lowest BCUT2D eigenvalue weighted by atomic mass is 9.83. The number of methoxy groups -OCH3 is 1. The van der Waals surface area contributed by atoms with E-state index in [0.717, 1.165) is 25.0 Å². The summed E-state index contributed by atoms with van der Waals surface area (Å²) in [6.45, 7) is 2.35. The van der Waals surface area contributed by atoms with Gasteiger partial charge in [0.1, 0.15) is 5.75 Å². The topological polar surface area (TPSA) is 29.5 Å². The van der Waals surface area contributed by atoms with Gasteiger partial charge in [-0.15, -0.1) is 0 Å². The molecular weight excluding hydrogens is 212 g/mol. The summed E-state index contributed by atoms with van der Waals surface area (Å²) >= 11 is 0. The second-order valence-electron chi connectivity index (χ2n) is 4.51. The summed E-state index contributed by atoms with van der Waals surface area (Å²) in [5, 5.41) is 9.44. The third-order valence-electron chi connectivity index (χ3n) is 3.55. The molecular formula is C15H20O2. The van der Waals surface area contributed by atoms with E-state index in [2.05, 4.69) is 25.1 Å². The summed E-state index contributed by atoms with van der Waals surface area (Å²) in [4.78, 5) is 0. The maximum absolute atomic E-state index is 9.44. The molecule has 1 aromatic rings. The molecule has 0 radical (unpaired) electrons. The summed E-state index contributed by atoms with van der Waals surface area (Å²) in [6.07, 6.45) is 5.39. The van der Waals surface area contributed by atoms with Gasteiger partial charge in [0, 0.05) is 12.5 Å². The molecule has 17 heavy (non-hydrogen) atoms. The standard InChI is InChI=1S/C15H20O2/c1-3-11(10-16)14-6-4-5-12-9-13(17-2)7-8-15(12)14/h6-9,11,16H,3-5,10H2,1-2H3. The van der Waals surface area contributed by atoms with Gasteiger partial charge in [-0.2, -0.15) is 0 Å². The van der Waals surface area contributed by atoms with Crippen molar-refractivity contribution in [3.63, 3.8) is 0 Å². The van der Waals surface area contributed by atoms with E-state index in [9.17, 15) is 5.11 Å². The summed E-state index contributed by atoms with van der Waals surface area (Å²) in [5.41, 5.74) is 3.94. The van der Waals surface area contributed by atoms with Gasteiger partial charge in [0.05, 0.1) is 7.11 Å². The van der Waals surface area contributed by atoms with Crippen LogP contribution in [0.15, 0.2) is 24.3 Å². The predicted molar refractivity (Wildman–Crippen MR) is 70.2 cm³/mol. The van der Waals surface area contributed by atoms with E-state index in [4.69, 9.17) is 4.74 Å². The smallest absolute Gasteiger partial charge is 0.119 e. The lowest BCUT2D eigenvalue weighted by Gasteiger charge is -2.23. The van der Waals surface area contributed by atoms with Gasteiger partial charge in [-0.3, -0.25) is 0 Å². The van der Waals surface area contributed by atoms with Crippen LogP contribution in [0.4, 0.5) is 0 Å². The predicted octanol–water partition coefficient (Wildman–Crippen LogP) is 3.04. The lowest BCUT2D eigenvalue weighted by Crippen LogP contribution is -2.12. The average Bonchev–Trinajstić information content (AvgIpc) is 2.39. The highest BCUT2D eigenvalue weighted by atomic mass is 16.5. The first-order valence-electron chi connectivity index (χ1n) is 6.28. The molecule has 2 rings (SSSR count). The molecule has 0 spiro atoms. The van der Waals surface area contributed by atoms with Crippen molar-refractivity contribution in [3.8, 4) is 5.75 Å². The minimum absolute atomic E-state index is 0.230. The first-order valence-corrected chi connectivity index (χ1v) is 6.28. The Morgan fingerprint density at radius 1 is 1.41 bits per heavy atom. The van der Waals surface area contributed by atoms with Crippen molar-refractivity contribution >= 4 is 5.57 Å². The zero-order valence-electron chi connectivity index (χ0n) is 10.6. The monoisotopic (exact) mass is 232 g/mol. The van der Waals surface area contributed by atoms with E-state index in [1.165, 1.54) is 16.7 Å². The maximum atomic E-state index is 9.44. The number of rotatable bonds is 4. The second-order valence-corrected chi connectivity index (χ2v) is 4.51. The molecule has 0 aromatic heterocycles. The molecule has 2 heteroatoms. The molecule has 1 unspecified atom stereocenters. The molecule has 0 bridgehead atoms. The molecule has 0 heterocycles. The van der Waals surface area contributed by atoms with E-state index < -0.39 is 0 Å². The number of allylic oxidation sites excluding steroid dienone is 1. The fourth-order valence-electron chi connectivity index (χ4n) is 2.51. The van der Waals surface area contributed by atoms with E-state index in [1.807, 2.05) is 6.07 Å². The van der Waals surface area contributed by atoms with E-state index in [-0.39, 0.29) is 12.5 Å². The van der Waals surface area contributed by atoms with Crippen LogP contribution in [0.1, 0.15) is 30.9 Å². The number of aryl methyl sites for hydroxylation is 1. The van der Waals surface area contributed by atoms with Gasteiger partial charge < -0.3 is 9.84 Å². The lowest BCUT2D eigenvalue weighted by molar-refractivity contribution is 0.254. The first kappa shape index (κ1) is 12.2. The second kappa shape index (κ2) is 5.37. The summed E-state index contributed by atoms with van der Waals surface area (Å²) < 4.78 is 5.26. The molecule has 0 saturated carbocycles. The highest BCUT2D eigenvalue weighted by Gasteiger charge is 2.19. The fraction of sp³-hybridized carbons (Fsp3) is 0.467. The van der Waals surface area contributed by atoms with Crippen LogP contribution < -0.4 is 4.74 Å². The minimum Gasteiger partial charge on any atom is -0.497 e. The molecule has 92 valence electrons. The van der Waals surface area contributed by atoms with Crippen molar-refractivity contribution in [2.45, 2.75) is 26.2 Å². The zero-order chi connectivity index (χ0) is 12.3. The van der Waals surface area contributed by atoms with Gasteiger partial charge in [0.25, 0.3) is 0 Å². The van der Waals surface area contributed by atoms with Crippen molar-refractivity contribution in [1.29, 1.82) is 0 Å². The number of fused-ring (bicyclic) bond motifs is 1. The van der Waals surface area contributed by atoms with Crippen LogP contribution in [0.3, 0.4) is 0 Å². The van der Waals surface area contributed by atoms with Crippen molar-refractivity contribution in [3.05, 3.63) is 35.4 Å². The Hall–Kier alpha value is -1.28. The van der Waals surface area contributed by atoms with Crippen LogP contribution in [0.5, 0.6) is 5.75 Å². The summed E-state index contributed by atoms with van der Waals surface area (Å²) in [7, 11) is 1.70. The molecule has 0 aliphatic heterocycles. The average molecular weight is 232 g/mol. The number of ether oxygens (including phenoxy) is 1. The van der Waals surface area contributed by atoms with E-state index in [1.54, 1.807) is 7.11 Å². The number of hydrogen-bond donors (Lipinski definition) is 1. The summed E-state index contributed by atoms with van der Waals surface area (Å²) in [5.74, 6) is 1.18. The third kappa shape index (κ3) is 2.37. The Bertz CT molecular complexity index is 417. The number of benzene rings is 1. The normalized spacial score (nSPS) is 16.1. The largest absolute Gasteiger partial charge is 0.497 e. The van der Waals surface area contributed by atoms with Gasteiger partial charge >= 0.3 is 0 Å². The number of aliphatic hydroxyl groups is 1. The zero-order valence-corrected chi connectivity index (χ0v) is 10.6. The fourth-order valence-corrected chi connectivity index (χ4v) is 2.51. The quantitative estimate of drug-likeness (QED) is 0.864. The molecule has 0 amide bonds. The summed E-state index contributed by atoms with van der Waals surface area (Å²) in [6, 6.07) is 6.24. The van der Waals surface area contributed by atoms with Gasteiger partial charge in [0.2, 0.25) is 0 Å². The van der Waals surface area contributed by atoms with Crippen molar-refractivity contribution in [1.82, 2.24) is 0 Å². The molecule has 1 N–H and O–H groups in total. The molecule has 1 aromatic carbocycles. The van der Waals surface area contributed by atoms with Gasteiger partial charge in [-0.05, 0) is 48.1 Å². The molecule has 1 aliphatic carbocycles. The van der Waals surface area contributed by atoms with Gasteiger partial charge in [0.15, 0.2) is 0 Å². The molecule has 2 nitrogen and oxygen atoms in total. The van der Waals surface area contributed by atoms with Crippen molar-refractivity contribution in [2.75, 3.05) is 13.7 Å². The first-order chi connectivity index (χ1) is 8.30. The van der Waals surface area contributed by atoms with Crippen LogP contribution in [0, 0.1) is 5.92 Å². The molecule has 0 saturated heterocycles. The van der Waals surface area contributed by atoms with E-state index in [0.29, 0.717) is 0 Å². The third-order valence-corrected chi connectivity index (χ3v) is 3.55. The van der Waals surface area contributed by atoms with E-state index >= 15 is 0 Å². The molecule has 0 fully saturated rings. The Morgan fingerprint density at radius 3 is 2.88 bits per heavy atom. The van der Waals surface area contributed by atoms with Crippen LogP contribution in [0.25, 0.3) is 5.57 Å². The van der Waals surface area contributed by atoms with Crippen molar-refractivity contribution in [2.24, 2.45) is 5.92 Å². The van der Waals surface area contributed by atoms with Crippen LogP contribution >= 0.6 is 0 Å². The number of hydrogen-bond acceptors (Lipinski definition) is 2. The minimum atomic E-state index is 0.230. The highest BCUT2D eigenvalue weighted by molar-refractivity contribution is 5.72. The number of aliphatic hydroxyl groups excluding tert-OH is 1. The highest BCUT2D eigenvalue weighted by Crippen LogP contribution is 2.34. The maximum Gasteiger partial charge on any atom is 0.119 e. The van der Waals surface area contributed by atoms with Crippen LogP contribution in [-0.2, 0) is 6.42 Å². The van der Waals surface area contributed by atoms with Crippen LogP contribution in [-0.4, -0.2) is 18.8 Å². The molecule has 1 atom stereocenters. The van der Waals surface area contributed by atoms with Crippen LogP contribution in [0.2, 0.25) is 0 Å². The Morgan fingerprint density at radius 2 is 2.24 bits per heavy atom.